The topological polar surface area (TPSA) is 55.5 Å². The number of hydrogen-bond acceptors (Lipinski definition) is 5. The first-order valence-electron chi connectivity index (χ1n) is 5.49. The van der Waals surface area contributed by atoms with Crippen molar-refractivity contribution < 1.29 is 4.92 Å². The molecule has 4 nitrogen and oxygen atoms in total. The van der Waals surface area contributed by atoms with E-state index >= 15 is 0 Å². The van der Waals surface area contributed by atoms with Gasteiger partial charge in [-0.15, -0.1) is 11.3 Å². The summed E-state index contributed by atoms with van der Waals surface area (Å²) in [6.07, 6.45) is 1.67. The highest BCUT2D eigenvalue weighted by molar-refractivity contribution is 7.22. The van der Waals surface area contributed by atoms with Gasteiger partial charge in [0, 0.05) is 17.0 Å². The van der Waals surface area contributed by atoms with Crippen molar-refractivity contribution in [3.05, 3.63) is 57.5 Å². The molecule has 0 bridgehead atoms. The first-order valence-corrected chi connectivity index (χ1v) is 7.12. The van der Waals surface area contributed by atoms with E-state index in [-0.39, 0.29) is 9.92 Å². The summed E-state index contributed by atoms with van der Waals surface area (Å²) in [5.74, 6) is 0. The molecular formula is C13H8N2O2S2. The lowest BCUT2D eigenvalue weighted by Crippen LogP contribution is -1.80. The van der Waals surface area contributed by atoms with Crippen molar-refractivity contribution in [1.82, 2.24) is 0 Å². The molecule has 0 fully saturated rings. The second-order valence-electron chi connectivity index (χ2n) is 3.81. The van der Waals surface area contributed by atoms with E-state index in [0.717, 1.165) is 26.6 Å². The number of nitro groups is 1. The summed E-state index contributed by atoms with van der Waals surface area (Å²) < 4.78 is 1.19. The smallest absolute Gasteiger partial charge is 0.258 e. The van der Waals surface area contributed by atoms with Gasteiger partial charge in [0.05, 0.1) is 9.80 Å². The Morgan fingerprint density at radius 2 is 2.00 bits per heavy atom. The third-order valence-corrected chi connectivity index (χ3v) is 4.52. The molecule has 0 radical (unpaired) electrons. The summed E-state index contributed by atoms with van der Waals surface area (Å²) in [5, 5.41) is 12.8. The van der Waals surface area contributed by atoms with E-state index in [2.05, 4.69) is 11.1 Å². The van der Waals surface area contributed by atoms with Gasteiger partial charge >= 0.3 is 5.00 Å². The average Bonchev–Trinajstić information content (AvgIpc) is 3.02. The Labute approximate surface area is 116 Å². The Morgan fingerprint density at radius 3 is 2.74 bits per heavy atom. The molecule has 0 atom stereocenters. The number of fused-ring (bicyclic) bond motifs is 1. The average molecular weight is 288 g/mol. The number of benzene rings is 1. The molecule has 0 aliphatic rings. The first kappa shape index (κ1) is 12.0. The minimum Gasteiger partial charge on any atom is -0.258 e. The van der Waals surface area contributed by atoms with Crippen LogP contribution in [0.5, 0.6) is 0 Å². The SMILES string of the molecule is O=[N+]([O-])c1ccc(/C=N/c2cc3ccccc3s2)s1. The van der Waals surface area contributed by atoms with Crippen molar-refractivity contribution in [1.29, 1.82) is 0 Å². The van der Waals surface area contributed by atoms with Crippen LogP contribution in [0, 0.1) is 10.1 Å². The van der Waals surface area contributed by atoms with Gasteiger partial charge in [-0.3, -0.25) is 10.1 Å². The van der Waals surface area contributed by atoms with Crippen molar-refractivity contribution >= 4 is 49.0 Å². The highest BCUT2D eigenvalue weighted by Gasteiger charge is 2.08. The van der Waals surface area contributed by atoms with E-state index in [9.17, 15) is 10.1 Å². The van der Waals surface area contributed by atoms with Gasteiger partial charge in [-0.2, -0.15) is 0 Å². The van der Waals surface area contributed by atoms with Gasteiger partial charge in [0.1, 0.15) is 5.00 Å². The summed E-state index contributed by atoms with van der Waals surface area (Å²) >= 11 is 2.73. The fourth-order valence-electron chi connectivity index (χ4n) is 1.67. The van der Waals surface area contributed by atoms with Crippen LogP contribution < -0.4 is 0 Å². The van der Waals surface area contributed by atoms with E-state index in [0.29, 0.717) is 0 Å². The molecule has 0 N–H and O–H groups in total. The number of rotatable bonds is 3. The van der Waals surface area contributed by atoms with Gasteiger partial charge in [-0.1, -0.05) is 29.5 Å². The molecule has 19 heavy (non-hydrogen) atoms. The van der Waals surface area contributed by atoms with Crippen LogP contribution in [-0.4, -0.2) is 11.1 Å². The lowest BCUT2D eigenvalue weighted by molar-refractivity contribution is -0.380. The summed E-state index contributed by atoms with van der Waals surface area (Å²) in [4.78, 5) is 15.3. The Morgan fingerprint density at radius 1 is 1.16 bits per heavy atom. The van der Waals surface area contributed by atoms with E-state index in [4.69, 9.17) is 0 Å². The number of aliphatic imine (C=N–C) groups is 1. The molecule has 0 aliphatic carbocycles. The van der Waals surface area contributed by atoms with Crippen molar-refractivity contribution in [3.8, 4) is 0 Å². The molecular weight excluding hydrogens is 280 g/mol. The summed E-state index contributed by atoms with van der Waals surface area (Å²) in [6.45, 7) is 0. The molecule has 0 amide bonds. The maximum atomic E-state index is 10.6. The van der Waals surface area contributed by atoms with Crippen molar-refractivity contribution in [2.45, 2.75) is 0 Å². The van der Waals surface area contributed by atoms with Crippen LogP contribution in [0.15, 0.2) is 47.5 Å². The summed E-state index contributed by atoms with van der Waals surface area (Å²) in [7, 11) is 0. The second-order valence-corrected chi connectivity index (χ2v) is 5.97. The molecule has 94 valence electrons. The quantitative estimate of drug-likeness (QED) is 0.401. The minimum atomic E-state index is -0.387. The van der Waals surface area contributed by atoms with Crippen molar-refractivity contribution in [2.75, 3.05) is 0 Å². The normalized spacial score (nSPS) is 11.4. The number of hydrogen-bond donors (Lipinski definition) is 0. The van der Waals surface area contributed by atoms with Crippen LogP contribution in [0.3, 0.4) is 0 Å². The van der Waals surface area contributed by atoms with Crippen molar-refractivity contribution in [2.24, 2.45) is 4.99 Å². The second kappa shape index (κ2) is 4.91. The number of thiophene rings is 2. The lowest BCUT2D eigenvalue weighted by atomic mass is 10.3. The third-order valence-electron chi connectivity index (χ3n) is 2.52. The van der Waals surface area contributed by atoms with Gasteiger partial charge in [0.2, 0.25) is 0 Å². The standard InChI is InChI=1S/C13H8N2O2S2/c16-15(17)13-6-5-10(18-13)8-14-12-7-9-3-1-2-4-11(9)19-12/h1-8H/b14-8+. The Kier molecular flexibility index (Phi) is 3.10. The van der Waals surface area contributed by atoms with E-state index in [1.165, 1.54) is 10.8 Å². The van der Waals surface area contributed by atoms with Gasteiger partial charge in [0.15, 0.2) is 0 Å². The minimum absolute atomic E-state index is 0.137. The van der Waals surface area contributed by atoms with Crippen LogP contribution in [-0.2, 0) is 0 Å². The van der Waals surface area contributed by atoms with Gasteiger partial charge in [-0.25, -0.2) is 4.99 Å². The zero-order valence-corrected chi connectivity index (χ0v) is 11.3. The fraction of sp³-hybridized carbons (Fsp3) is 0. The monoisotopic (exact) mass is 288 g/mol. The van der Waals surface area contributed by atoms with Crippen molar-refractivity contribution in [3.63, 3.8) is 0 Å². The van der Waals surface area contributed by atoms with Crippen LogP contribution in [0.25, 0.3) is 10.1 Å². The lowest BCUT2D eigenvalue weighted by Gasteiger charge is -1.83. The highest BCUT2D eigenvalue weighted by atomic mass is 32.1. The maximum Gasteiger partial charge on any atom is 0.324 e. The Balaban J connectivity index is 1.86. The van der Waals surface area contributed by atoms with Gasteiger partial charge in [0.25, 0.3) is 0 Å². The summed E-state index contributed by atoms with van der Waals surface area (Å²) in [5.41, 5.74) is 0. The molecule has 2 heterocycles. The van der Waals surface area contributed by atoms with E-state index in [1.807, 2.05) is 24.3 Å². The molecule has 0 aliphatic heterocycles. The fourth-order valence-corrected chi connectivity index (χ4v) is 3.27. The predicted molar refractivity (Wildman–Crippen MR) is 80.1 cm³/mol. The molecule has 2 aromatic heterocycles. The van der Waals surface area contributed by atoms with Gasteiger partial charge in [-0.05, 0) is 23.6 Å². The zero-order valence-electron chi connectivity index (χ0n) is 9.65. The van der Waals surface area contributed by atoms with Gasteiger partial charge < -0.3 is 0 Å². The molecule has 1 aromatic carbocycles. The van der Waals surface area contributed by atoms with Crippen LogP contribution >= 0.6 is 22.7 Å². The molecule has 0 saturated carbocycles. The summed E-state index contributed by atoms with van der Waals surface area (Å²) in [6, 6.07) is 13.3. The molecule has 3 aromatic rings. The number of nitrogens with zero attached hydrogens (tertiary/aromatic N) is 2. The third kappa shape index (κ3) is 2.54. The molecule has 0 spiro atoms. The Hall–Kier alpha value is -2.05. The Bertz CT molecular complexity index is 741. The highest BCUT2D eigenvalue weighted by Crippen LogP contribution is 2.32. The van der Waals surface area contributed by atoms with Crippen LogP contribution in [0.4, 0.5) is 10.0 Å². The predicted octanol–water partition coefficient (Wildman–Crippen LogP) is 4.62. The molecule has 6 heteroatoms. The van der Waals surface area contributed by atoms with E-state index in [1.54, 1.807) is 23.6 Å². The van der Waals surface area contributed by atoms with E-state index < -0.39 is 0 Å². The molecule has 0 saturated heterocycles. The van der Waals surface area contributed by atoms with Crippen LogP contribution in [0.2, 0.25) is 0 Å². The first-order chi connectivity index (χ1) is 9.22. The maximum absolute atomic E-state index is 10.6. The van der Waals surface area contributed by atoms with Crippen LogP contribution in [0.1, 0.15) is 4.88 Å². The largest absolute Gasteiger partial charge is 0.324 e. The zero-order chi connectivity index (χ0) is 13.2. The molecule has 3 rings (SSSR count). The molecule has 0 unspecified atom stereocenters.